The van der Waals surface area contributed by atoms with Crippen LogP contribution in [-0.4, -0.2) is 29.0 Å². The van der Waals surface area contributed by atoms with Crippen LogP contribution in [0.3, 0.4) is 0 Å². The summed E-state index contributed by atoms with van der Waals surface area (Å²) >= 11 is 0. The van der Waals surface area contributed by atoms with Crippen LogP contribution >= 0.6 is 0 Å². The molecular formula is C25H31N3O3. The van der Waals surface area contributed by atoms with Crippen LogP contribution in [0.25, 0.3) is 6.08 Å². The summed E-state index contributed by atoms with van der Waals surface area (Å²) < 4.78 is 0. The van der Waals surface area contributed by atoms with Crippen molar-refractivity contribution in [1.82, 2.24) is 4.90 Å². The molecule has 6 nitrogen and oxygen atoms in total. The maximum absolute atomic E-state index is 13.2. The van der Waals surface area contributed by atoms with Crippen LogP contribution in [0.2, 0.25) is 0 Å². The molecule has 6 heteroatoms. The van der Waals surface area contributed by atoms with Crippen molar-refractivity contribution in [2.75, 3.05) is 17.7 Å². The number of hydrogen-bond donors (Lipinski definition) is 2. The second-order valence-electron chi connectivity index (χ2n) is 10.1. The molecule has 164 valence electrons. The second-order valence-corrected chi connectivity index (χ2v) is 10.1. The van der Waals surface area contributed by atoms with Crippen LogP contribution in [0.4, 0.5) is 16.2 Å². The molecule has 2 aromatic rings. The van der Waals surface area contributed by atoms with Gasteiger partial charge in [0.1, 0.15) is 11.4 Å². The molecule has 31 heavy (non-hydrogen) atoms. The maximum atomic E-state index is 13.2. The number of urea groups is 1. The lowest BCUT2D eigenvalue weighted by atomic mass is 9.78. The number of phenolic OH excluding ortho intramolecular Hbond substituents is 1. The normalized spacial score (nSPS) is 16.5. The highest BCUT2D eigenvalue weighted by molar-refractivity contribution is 6.28. The van der Waals surface area contributed by atoms with Gasteiger partial charge in [-0.05, 0) is 58.9 Å². The van der Waals surface area contributed by atoms with Crippen molar-refractivity contribution in [3.63, 3.8) is 0 Å². The SMILES string of the molecule is CN1C(=O)N(c2ccc(N)cc2)C(=O)/C1=C/c1cc(C(C)(C)C)c(O)c(C(C)(C)C)c1. The predicted octanol–water partition coefficient (Wildman–Crippen LogP) is 5.01. The number of nitrogens with two attached hydrogens (primary N) is 1. The highest BCUT2D eigenvalue weighted by Gasteiger charge is 2.40. The Hall–Kier alpha value is -3.28. The molecule has 0 aliphatic carbocycles. The van der Waals surface area contributed by atoms with E-state index in [1.807, 2.05) is 53.7 Å². The number of imide groups is 1. The molecule has 0 spiro atoms. The van der Waals surface area contributed by atoms with E-state index in [9.17, 15) is 14.7 Å². The Kier molecular flexibility index (Phi) is 5.38. The summed E-state index contributed by atoms with van der Waals surface area (Å²) in [5, 5.41) is 10.9. The van der Waals surface area contributed by atoms with Gasteiger partial charge < -0.3 is 10.8 Å². The summed E-state index contributed by atoms with van der Waals surface area (Å²) in [4.78, 5) is 28.5. The van der Waals surface area contributed by atoms with E-state index >= 15 is 0 Å². The van der Waals surface area contributed by atoms with Crippen molar-refractivity contribution < 1.29 is 14.7 Å². The van der Waals surface area contributed by atoms with Crippen molar-refractivity contribution in [2.24, 2.45) is 0 Å². The number of amides is 3. The molecule has 0 bridgehead atoms. The molecular weight excluding hydrogens is 390 g/mol. The van der Waals surface area contributed by atoms with Crippen molar-refractivity contribution >= 4 is 29.4 Å². The first kappa shape index (κ1) is 22.4. The minimum Gasteiger partial charge on any atom is -0.507 e. The monoisotopic (exact) mass is 421 g/mol. The van der Waals surface area contributed by atoms with Gasteiger partial charge in [-0.15, -0.1) is 0 Å². The molecule has 1 aliphatic heterocycles. The van der Waals surface area contributed by atoms with Gasteiger partial charge in [-0.3, -0.25) is 9.69 Å². The number of carbonyl (C=O) groups excluding carboxylic acids is 2. The van der Waals surface area contributed by atoms with Crippen LogP contribution in [0.15, 0.2) is 42.1 Å². The van der Waals surface area contributed by atoms with Gasteiger partial charge >= 0.3 is 6.03 Å². The minimum absolute atomic E-state index is 0.271. The molecule has 0 atom stereocenters. The van der Waals surface area contributed by atoms with Gasteiger partial charge in [0.25, 0.3) is 5.91 Å². The van der Waals surface area contributed by atoms with Crippen LogP contribution < -0.4 is 10.6 Å². The molecule has 0 unspecified atom stereocenters. The lowest BCUT2D eigenvalue weighted by molar-refractivity contribution is -0.114. The van der Waals surface area contributed by atoms with Crippen molar-refractivity contribution in [3.8, 4) is 5.75 Å². The van der Waals surface area contributed by atoms with Gasteiger partial charge in [0.05, 0.1) is 5.69 Å². The first-order valence-electron chi connectivity index (χ1n) is 10.3. The third-order valence-corrected chi connectivity index (χ3v) is 5.46. The highest BCUT2D eigenvalue weighted by atomic mass is 16.3. The number of nitrogens with zero attached hydrogens (tertiary/aromatic N) is 2. The fraction of sp³-hybridized carbons (Fsp3) is 0.360. The largest absolute Gasteiger partial charge is 0.507 e. The number of nitrogen functional groups attached to an aromatic ring is 1. The number of rotatable bonds is 2. The summed E-state index contributed by atoms with van der Waals surface area (Å²) in [5.41, 5.74) is 8.78. The summed E-state index contributed by atoms with van der Waals surface area (Å²) in [6.07, 6.45) is 1.71. The Morgan fingerprint density at radius 1 is 0.903 bits per heavy atom. The molecule has 0 radical (unpaired) electrons. The molecule has 1 heterocycles. The number of hydrogen-bond acceptors (Lipinski definition) is 4. The quantitative estimate of drug-likeness (QED) is 0.405. The zero-order valence-electron chi connectivity index (χ0n) is 19.3. The zero-order chi connectivity index (χ0) is 23.3. The van der Waals surface area contributed by atoms with E-state index in [2.05, 4.69) is 0 Å². The number of likely N-dealkylation sites (N-methyl/N-ethyl adjacent to an activating group) is 1. The molecule has 1 aliphatic rings. The fourth-order valence-corrected chi connectivity index (χ4v) is 3.65. The molecule has 2 aromatic carbocycles. The zero-order valence-corrected chi connectivity index (χ0v) is 19.3. The Bertz CT molecular complexity index is 1040. The third kappa shape index (κ3) is 4.15. The van der Waals surface area contributed by atoms with Gasteiger partial charge in [0, 0.05) is 23.9 Å². The minimum atomic E-state index is -0.424. The smallest absolute Gasteiger partial charge is 0.336 e. The number of carbonyl (C=O) groups is 2. The lowest BCUT2D eigenvalue weighted by Gasteiger charge is -2.28. The molecule has 3 rings (SSSR count). The van der Waals surface area contributed by atoms with E-state index < -0.39 is 11.9 Å². The molecule has 3 amide bonds. The fourth-order valence-electron chi connectivity index (χ4n) is 3.65. The summed E-state index contributed by atoms with van der Waals surface area (Å²) in [6, 6.07) is 9.96. The second kappa shape index (κ2) is 7.45. The van der Waals surface area contributed by atoms with E-state index in [1.165, 1.54) is 4.90 Å². The van der Waals surface area contributed by atoms with Crippen molar-refractivity contribution in [2.45, 2.75) is 52.4 Å². The molecule has 1 saturated heterocycles. The van der Waals surface area contributed by atoms with Gasteiger partial charge in [0.15, 0.2) is 0 Å². The van der Waals surface area contributed by atoms with E-state index in [4.69, 9.17) is 5.73 Å². The highest BCUT2D eigenvalue weighted by Crippen LogP contribution is 2.40. The van der Waals surface area contributed by atoms with Crippen LogP contribution in [0.5, 0.6) is 5.75 Å². The van der Waals surface area contributed by atoms with E-state index in [0.717, 1.165) is 21.6 Å². The van der Waals surface area contributed by atoms with Crippen LogP contribution in [0, 0.1) is 0 Å². The Morgan fingerprint density at radius 3 is 1.84 bits per heavy atom. The topological polar surface area (TPSA) is 86.9 Å². The number of anilines is 2. The Morgan fingerprint density at radius 2 is 1.39 bits per heavy atom. The standard InChI is InChI=1S/C25H31N3O3/c1-24(2,3)18-12-15(13-19(21(18)29)25(4,5)6)14-20-22(30)28(23(31)27(20)7)17-10-8-16(26)9-11-17/h8-14,29H,26H2,1-7H3/b20-14-. The van der Waals surface area contributed by atoms with E-state index in [-0.39, 0.29) is 22.3 Å². The van der Waals surface area contributed by atoms with Gasteiger partial charge in [-0.25, -0.2) is 9.69 Å². The third-order valence-electron chi connectivity index (χ3n) is 5.46. The summed E-state index contributed by atoms with van der Waals surface area (Å²) in [7, 11) is 1.58. The van der Waals surface area contributed by atoms with E-state index in [1.54, 1.807) is 37.4 Å². The molecule has 3 N–H and O–H groups in total. The Balaban J connectivity index is 2.13. The van der Waals surface area contributed by atoms with Crippen molar-refractivity contribution in [3.05, 3.63) is 58.8 Å². The van der Waals surface area contributed by atoms with E-state index in [0.29, 0.717) is 11.4 Å². The molecule has 0 aromatic heterocycles. The average Bonchev–Trinajstić information content (AvgIpc) is 2.85. The van der Waals surface area contributed by atoms with Gasteiger partial charge in [-0.2, -0.15) is 0 Å². The first-order chi connectivity index (χ1) is 14.2. The molecule has 0 saturated carbocycles. The Labute approximate surface area is 184 Å². The van der Waals surface area contributed by atoms with Crippen molar-refractivity contribution in [1.29, 1.82) is 0 Å². The lowest BCUT2D eigenvalue weighted by Crippen LogP contribution is -2.31. The van der Waals surface area contributed by atoms with Crippen LogP contribution in [-0.2, 0) is 15.6 Å². The van der Waals surface area contributed by atoms with Gasteiger partial charge in [-0.1, -0.05) is 41.5 Å². The summed E-state index contributed by atoms with van der Waals surface area (Å²) in [5.74, 6) is -0.132. The average molecular weight is 422 g/mol. The van der Waals surface area contributed by atoms with Gasteiger partial charge in [0.2, 0.25) is 0 Å². The summed E-state index contributed by atoms with van der Waals surface area (Å²) in [6.45, 7) is 12.2. The first-order valence-corrected chi connectivity index (χ1v) is 10.3. The number of benzene rings is 2. The van der Waals surface area contributed by atoms with Crippen LogP contribution in [0.1, 0.15) is 58.2 Å². The number of aromatic hydroxyl groups is 1. The maximum Gasteiger partial charge on any atom is 0.336 e. The molecule has 1 fully saturated rings. The number of phenols is 1. The predicted molar refractivity (Wildman–Crippen MR) is 125 cm³/mol.